The van der Waals surface area contributed by atoms with Crippen LogP contribution in [-0.2, 0) is 11.2 Å². The van der Waals surface area contributed by atoms with Gasteiger partial charge < -0.3 is 20.0 Å². The number of nitrogens with zero attached hydrogens (tertiary/aromatic N) is 2. The van der Waals surface area contributed by atoms with Crippen LogP contribution in [0.2, 0.25) is 0 Å². The van der Waals surface area contributed by atoms with E-state index in [2.05, 4.69) is 4.98 Å². The van der Waals surface area contributed by atoms with Crippen molar-refractivity contribution in [2.45, 2.75) is 6.42 Å². The van der Waals surface area contributed by atoms with Crippen LogP contribution < -0.4 is 15.4 Å². The molecular formula is C13H13N3O5. The van der Waals surface area contributed by atoms with Crippen molar-refractivity contribution in [2.75, 3.05) is 12.0 Å². The van der Waals surface area contributed by atoms with Crippen molar-refractivity contribution < 1.29 is 23.8 Å². The molecule has 110 valence electrons. The van der Waals surface area contributed by atoms with Crippen LogP contribution in [0.1, 0.15) is 5.69 Å². The molecule has 1 aromatic carbocycles. The summed E-state index contributed by atoms with van der Waals surface area (Å²) in [7, 11) is 1.45. The van der Waals surface area contributed by atoms with E-state index in [1.54, 1.807) is 24.3 Å². The predicted octanol–water partition coefficient (Wildman–Crippen LogP) is 1.53. The number of aliphatic carboxylic acids is 1. The number of carboxylic acid groups (broad SMARTS) is 1. The summed E-state index contributed by atoms with van der Waals surface area (Å²) < 4.78 is 10.3. The molecule has 3 N–H and O–H groups in total. The minimum absolute atomic E-state index is 0.122. The van der Waals surface area contributed by atoms with Gasteiger partial charge in [-0.2, -0.15) is 4.98 Å². The third kappa shape index (κ3) is 3.11. The molecule has 1 aromatic heterocycles. The lowest BCUT2D eigenvalue weighted by Crippen LogP contribution is -2.32. The highest BCUT2D eigenvalue weighted by Gasteiger charge is 2.24. The first-order chi connectivity index (χ1) is 10.0. The minimum atomic E-state index is -1.06. The smallest absolute Gasteiger partial charge is 0.327 e. The number of benzene rings is 1. The number of carboxylic acids is 1. The van der Waals surface area contributed by atoms with Gasteiger partial charge in [-0.15, -0.1) is 0 Å². The van der Waals surface area contributed by atoms with Crippen LogP contribution in [0.4, 0.5) is 16.5 Å². The molecule has 2 rings (SSSR count). The van der Waals surface area contributed by atoms with Crippen LogP contribution in [0.5, 0.6) is 5.75 Å². The largest absolute Gasteiger partial charge is 0.495 e. The summed E-state index contributed by atoms with van der Waals surface area (Å²) in [6.07, 6.45) is 0.844. The van der Waals surface area contributed by atoms with Crippen molar-refractivity contribution in [1.82, 2.24) is 4.98 Å². The topological polar surface area (TPSA) is 119 Å². The quantitative estimate of drug-likeness (QED) is 0.862. The maximum absolute atomic E-state index is 11.7. The third-order valence-corrected chi connectivity index (χ3v) is 2.61. The van der Waals surface area contributed by atoms with E-state index < -0.39 is 12.0 Å². The average molecular weight is 291 g/mol. The van der Waals surface area contributed by atoms with Crippen LogP contribution in [0, 0.1) is 0 Å². The second-order valence-corrected chi connectivity index (χ2v) is 4.04. The van der Waals surface area contributed by atoms with Gasteiger partial charge in [-0.05, 0) is 12.1 Å². The molecule has 21 heavy (non-hydrogen) atoms. The number of carbonyl (C=O) groups excluding carboxylic acids is 1. The van der Waals surface area contributed by atoms with Gasteiger partial charge in [-0.3, -0.25) is 4.79 Å². The number of hydrogen-bond acceptors (Lipinski definition) is 5. The molecule has 1 heterocycles. The van der Waals surface area contributed by atoms with Crippen LogP contribution in [0.15, 0.2) is 34.9 Å². The van der Waals surface area contributed by atoms with E-state index in [1.165, 1.54) is 7.11 Å². The van der Waals surface area contributed by atoms with Gasteiger partial charge >= 0.3 is 18.0 Å². The van der Waals surface area contributed by atoms with Gasteiger partial charge in [0.2, 0.25) is 0 Å². The van der Waals surface area contributed by atoms with E-state index in [1.807, 2.05) is 0 Å². The first-order valence-corrected chi connectivity index (χ1v) is 5.91. The van der Waals surface area contributed by atoms with E-state index in [9.17, 15) is 9.59 Å². The van der Waals surface area contributed by atoms with Crippen molar-refractivity contribution in [3.05, 3.63) is 36.2 Å². The summed E-state index contributed by atoms with van der Waals surface area (Å²) in [4.78, 5) is 27.3. The number of ether oxygens (including phenoxy) is 1. The zero-order valence-corrected chi connectivity index (χ0v) is 11.1. The standard InChI is InChI=1S/C13H13N3O5/c1-20-10-5-3-2-4-9(10)16(12(14)19)13-15-8(7-21-13)6-11(17)18/h2-5,7H,6H2,1H3,(H2,14,19)(H,17,18). The number of methoxy groups -OCH3 is 1. The molecule has 0 saturated heterocycles. The molecule has 0 unspecified atom stereocenters. The zero-order valence-electron chi connectivity index (χ0n) is 11.1. The zero-order chi connectivity index (χ0) is 15.4. The second-order valence-electron chi connectivity index (χ2n) is 4.04. The Labute approximate surface area is 119 Å². The molecule has 0 aliphatic heterocycles. The summed E-state index contributed by atoms with van der Waals surface area (Å²) in [5, 5.41) is 8.72. The highest BCUT2D eigenvalue weighted by Crippen LogP contribution is 2.32. The van der Waals surface area contributed by atoms with Crippen LogP contribution >= 0.6 is 0 Å². The van der Waals surface area contributed by atoms with Gasteiger partial charge in [0.25, 0.3) is 0 Å². The molecular weight excluding hydrogens is 278 g/mol. The fraction of sp³-hybridized carbons (Fsp3) is 0.154. The Bertz CT molecular complexity index is 667. The molecule has 8 nitrogen and oxygen atoms in total. The van der Waals surface area contributed by atoms with Crippen molar-refractivity contribution in [1.29, 1.82) is 0 Å². The van der Waals surface area contributed by atoms with Crippen LogP contribution in [0.3, 0.4) is 0 Å². The van der Waals surface area contributed by atoms with Gasteiger partial charge in [0.15, 0.2) is 0 Å². The Morgan fingerprint density at radius 3 is 2.76 bits per heavy atom. The summed E-state index contributed by atoms with van der Waals surface area (Å²) >= 11 is 0. The molecule has 2 amide bonds. The lowest BCUT2D eigenvalue weighted by molar-refractivity contribution is -0.136. The fourth-order valence-electron chi connectivity index (χ4n) is 1.77. The molecule has 0 atom stereocenters. The van der Waals surface area contributed by atoms with Gasteiger partial charge in [-0.1, -0.05) is 12.1 Å². The Kier molecular flexibility index (Phi) is 4.07. The van der Waals surface area contributed by atoms with Crippen LogP contribution in [0.25, 0.3) is 0 Å². The number of anilines is 2. The van der Waals surface area contributed by atoms with Gasteiger partial charge in [0.1, 0.15) is 12.0 Å². The molecule has 8 heteroatoms. The Balaban J connectivity index is 2.42. The van der Waals surface area contributed by atoms with E-state index in [0.29, 0.717) is 11.4 Å². The first kappa shape index (κ1) is 14.4. The lowest BCUT2D eigenvalue weighted by atomic mass is 10.2. The highest BCUT2D eigenvalue weighted by atomic mass is 16.5. The number of rotatable bonds is 5. The monoisotopic (exact) mass is 291 g/mol. The number of primary amides is 1. The van der Waals surface area contributed by atoms with E-state index in [-0.39, 0.29) is 18.1 Å². The molecule has 0 spiro atoms. The number of aromatic nitrogens is 1. The van der Waals surface area contributed by atoms with Gasteiger partial charge in [-0.25, -0.2) is 9.69 Å². The number of nitrogens with two attached hydrogens (primary N) is 1. The number of oxazole rings is 1. The third-order valence-electron chi connectivity index (χ3n) is 2.61. The van der Waals surface area contributed by atoms with Gasteiger partial charge in [0, 0.05) is 0 Å². The summed E-state index contributed by atoms with van der Waals surface area (Å²) in [5.41, 5.74) is 5.87. The van der Waals surface area contributed by atoms with Crippen molar-refractivity contribution in [3.63, 3.8) is 0 Å². The molecule has 2 aromatic rings. The Morgan fingerprint density at radius 1 is 1.43 bits per heavy atom. The highest BCUT2D eigenvalue weighted by molar-refractivity contribution is 5.97. The lowest BCUT2D eigenvalue weighted by Gasteiger charge is -2.18. The van der Waals surface area contributed by atoms with Crippen molar-refractivity contribution in [2.24, 2.45) is 5.73 Å². The normalized spacial score (nSPS) is 10.1. The number of para-hydroxylation sites is 2. The number of hydrogen-bond donors (Lipinski definition) is 2. The molecule has 0 aliphatic rings. The molecule has 0 radical (unpaired) electrons. The van der Waals surface area contributed by atoms with Crippen molar-refractivity contribution >= 4 is 23.7 Å². The second kappa shape index (κ2) is 5.95. The van der Waals surface area contributed by atoms with E-state index >= 15 is 0 Å². The maximum atomic E-state index is 11.7. The summed E-state index contributed by atoms with van der Waals surface area (Å²) in [5.74, 6) is -0.660. The van der Waals surface area contributed by atoms with Crippen LogP contribution in [-0.4, -0.2) is 29.2 Å². The minimum Gasteiger partial charge on any atom is -0.495 e. The molecule has 0 aliphatic carbocycles. The van der Waals surface area contributed by atoms with E-state index in [4.69, 9.17) is 20.0 Å². The summed E-state index contributed by atoms with van der Waals surface area (Å²) in [6, 6.07) is 5.71. The number of carbonyl (C=O) groups is 2. The molecule has 0 saturated carbocycles. The predicted molar refractivity (Wildman–Crippen MR) is 72.6 cm³/mol. The Morgan fingerprint density at radius 2 is 2.14 bits per heavy atom. The molecule has 0 fully saturated rings. The SMILES string of the molecule is COc1ccccc1N(C(N)=O)c1nc(CC(=O)O)co1. The molecule has 0 bridgehead atoms. The Hall–Kier alpha value is -3.03. The van der Waals surface area contributed by atoms with Crippen molar-refractivity contribution in [3.8, 4) is 5.75 Å². The number of urea groups is 1. The summed E-state index contributed by atoms with van der Waals surface area (Å²) in [6.45, 7) is 0. The first-order valence-electron chi connectivity index (χ1n) is 5.91. The fourth-order valence-corrected chi connectivity index (χ4v) is 1.77. The van der Waals surface area contributed by atoms with E-state index in [0.717, 1.165) is 11.2 Å². The number of amides is 2. The average Bonchev–Trinajstić information content (AvgIpc) is 2.86. The maximum Gasteiger partial charge on any atom is 0.327 e. The van der Waals surface area contributed by atoms with Gasteiger partial charge in [0.05, 0.1) is 24.9 Å².